The highest BCUT2D eigenvalue weighted by Crippen LogP contribution is 2.23. The van der Waals surface area contributed by atoms with Crippen LogP contribution < -0.4 is 5.32 Å². The second-order valence-electron chi connectivity index (χ2n) is 4.89. The summed E-state index contributed by atoms with van der Waals surface area (Å²) >= 11 is 3.54. The molecule has 0 aliphatic heterocycles. The quantitative estimate of drug-likeness (QED) is 0.910. The van der Waals surface area contributed by atoms with Gasteiger partial charge in [-0.15, -0.1) is 0 Å². The van der Waals surface area contributed by atoms with E-state index in [9.17, 15) is 0 Å². The highest BCUT2D eigenvalue weighted by atomic mass is 79.9. The molecule has 4 heteroatoms. The number of aryl methyl sites for hydroxylation is 1. The van der Waals surface area contributed by atoms with E-state index in [1.807, 2.05) is 12.4 Å². The maximum atomic E-state index is 4.35. The Balaban J connectivity index is 2.18. The van der Waals surface area contributed by atoms with Gasteiger partial charge in [-0.05, 0) is 30.5 Å². The van der Waals surface area contributed by atoms with Gasteiger partial charge in [-0.3, -0.25) is 0 Å². The Hall–Kier alpha value is -1.29. The van der Waals surface area contributed by atoms with Gasteiger partial charge in [0.25, 0.3) is 0 Å². The van der Waals surface area contributed by atoms with E-state index >= 15 is 0 Å². The van der Waals surface area contributed by atoms with Crippen LogP contribution in [0.25, 0.3) is 0 Å². The Morgan fingerprint density at radius 2 is 2.17 bits per heavy atom. The standard InChI is InChI=1S/C14H18BrN3/c1-10(2)9-18-7-6-16-14(18)17-12-5-4-11(3)13(15)8-12/h4-8,10H,9H2,1-3H3,(H,16,17). The Labute approximate surface area is 116 Å². The summed E-state index contributed by atoms with van der Waals surface area (Å²) in [6.07, 6.45) is 3.83. The van der Waals surface area contributed by atoms with E-state index in [0.29, 0.717) is 5.92 Å². The molecular formula is C14H18BrN3. The molecule has 0 spiro atoms. The number of halogens is 1. The van der Waals surface area contributed by atoms with Crippen molar-refractivity contribution in [1.82, 2.24) is 9.55 Å². The Morgan fingerprint density at radius 1 is 1.39 bits per heavy atom. The molecule has 2 rings (SSSR count). The van der Waals surface area contributed by atoms with Gasteiger partial charge in [-0.2, -0.15) is 0 Å². The van der Waals surface area contributed by atoms with Crippen molar-refractivity contribution in [2.75, 3.05) is 5.32 Å². The third-order valence-electron chi connectivity index (χ3n) is 2.71. The van der Waals surface area contributed by atoms with Crippen LogP contribution in [0, 0.1) is 12.8 Å². The lowest BCUT2D eigenvalue weighted by Crippen LogP contribution is -2.07. The summed E-state index contributed by atoms with van der Waals surface area (Å²) < 4.78 is 3.24. The van der Waals surface area contributed by atoms with Gasteiger partial charge in [0.2, 0.25) is 5.95 Å². The molecule has 0 amide bonds. The van der Waals surface area contributed by atoms with E-state index in [2.05, 4.69) is 69.8 Å². The average Bonchev–Trinajstić information content (AvgIpc) is 2.70. The van der Waals surface area contributed by atoms with Crippen LogP contribution in [0.1, 0.15) is 19.4 Å². The molecule has 0 unspecified atom stereocenters. The average molecular weight is 308 g/mol. The molecule has 1 heterocycles. The zero-order chi connectivity index (χ0) is 13.1. The molecule has 0 aliphatic carbocycles. The minimum Gasteiger partial charge on any atom is -0.326 e. The van der Waals surface area contributed by atoms with E-state index in [0.717, 1.165) is 22.7 Å². The van der Waals surface area contributed by atoms with Crippen LogP contribution in [-0.2, 0) is 6.54 Å². The predicted molar refractivity (Wildman–Crippen MR) is 79.2 cm³/mol. The maximum absolute atomic E-state index is 4.35. The van der Waals surface area contributed by atoms with Crippen molar-refractivity contribution in [2.24, 2.45) is 5.92 Å². The van der Waals surface area contributed by atoms with Crippen LogP contribution in [-0.4, -0.2) is 9.55 Å². The van der Waals surface area contributed by atoms with Crippen molar-refractivity contribution in [3.63, 3.8) is 0 Å². The van der Waals surface area contributed by atoms with Crippen molar-refractivity contribution >= 4 is 27.6 Å². The fraction of sp³-hybridized carbons (Fsp3) is 0.357. The minimum atomic E-state index is 0.601. The number of imidazole rings is 1. The number of benzene rings is 1. The van der Waals surface area contributed by atoms with Gasteiger partial charge in [0.05, 0.1) is 0 Å². The van der Waals surface area contributed by atoms with Gasteiger partial charge in [-0.25, -0.2) is 4.98 Å². The lowest BCUT2D eigenvalue weighted by Gasteiger charge is -2.12. The first-order valence-corrected chi connectivity index (χ1v) is 6.90. The lowest BCUT2D eigenvalue weighted by atomic mass is 10.2. The van der Waals surface area contributed by atoms with Gasteiger partial charge in [0, 0.05) is 29.1 Å². The molecule has 3 nitrogen and oxygen atoms in total. The third-order valence-corrected chi connectivity index (χ3v) is 3.56. The number of hydrogen-bond acceptors (Lipinski definition) is 2. The smallest absolute Gasteiger partial charge is 0.207 e. The monoisotopic (exact) mass is 307 g/mol. The first-order valence-electron chi connectivity index (χ1n) is 6.10. The number of nitrogens with one attached hydrogen (secondary N) is 1. The summed E-state index contributed by atoms with van der Waals surface area (Å²) in [5.74, 6) is 1.49. The van der Waals surface area contributed by atoms with Gasteiger partial charge in [0.15, 0.2) is 0 Å². The van der Waals surface area contributed by atoms with Crippen LogP contribution in [0.5, 0.6) is 0 Å². The zero-order valence-electron chi connectivity index (χ0n) is 10.9. The molecule has 0 bridgehead atoms. The molecule has 0 saturated carbocycles. The van der Waals surface area contributed by atoms with Crippen LogP contribution in [0.3, 0.4) is 0 Å². The van der Waals surface area contributed by atoms with Gasteiger partial charge in [-0.1, -0.05) is 35.8 Å². The largest absolute Gasteiger partial charge is 0.326 e. The summed E-state index contributed by atoms with van der Waals surface area (Å²) in [5, 5.41) is 3.35. The zero-order valence-corrected chi connectivity index (χ0v) is 12.5. The van der Waals surface area contributed by atoms with Gasteiger partial charge in [0.1, 0.15) is 0 Å². The fourth-order valence-electron chi connectivity index (χ4n) is 1.77. The van der Waals surface area contributed by atoms with Crippen molar-refractivity contribution in [1.29, 1.82) is 0 Å². The van der Waals surface area contributed by atoms with Crippen LogP contribution in [0.15, 0.2) is 35.1 Å². The number of nitrogens with zero attached hydrogens (tertiary/aromatic N) is 2. The Morgan fingerprint density at radius 3 is 2.83 bits per heavy atom. The lowest BCUT2D eigenvalue weighted by molar-refractivity contribution is 0.527. The molecule has 1 aromatic heterocycles. The van der Waals surface area contributed by atoms with E-state index in [1.54, 1.807) is 0 Å². The molecule has 2 aromatic rings. The molecule has 0 aliphatic rings. The molecule has 1 aromatic carbocycles. The van der Waals surface area contributed by atoms with Crippen LogP contribution in [0.4, 0.5) is 11.6 Å². The topological polar surface area (TPSA) is 29.9 Å². The first-order chi connectivity index (χ1) is 8.56. The van der Waals surface area contributed by atoms with Gasteiger partial charge < -0.3 is 9.88 Å². The summed E-state index contributed by atoms with van der Waals surface area (Å²) in [5.41, 5.74) is 2.27. The fourth-order valence-corrected chi connectivity index (χ4v) is 2.15. The van der Waals surface area contributed by atoms with Crippen molar-refractivity contribution < 1.29 is 0 Å². The Bertz CT molecular complexity index is 532. The van der Waals surface area contributed by atoms with E-state index < -0.39 is 0 Å². The molecule has 1 N–H and O–H groups in total. The van der Waals surface area contributed by atoms with E-state index in [1.165, 1.54) is 5.56 Å². The molecule has 0 radical (unpaired) electrons. The summed E-state index contributed by atoms with van der Waals surface area (Å²) in [6.45, 7) is 7.45. The van der Waals surface area contributed by atoms with Crippen molar-refractivity contribution in [3.05, 3.63) is 40.6 Å². The maximum Gasteiger partial charge on any atom is 0.207 e. The van der Waals surface area contributed by atoms with E-state index in [4.69, 9.17) is 0 Å². The minimum absolute atomic E-state index is 0.601. The third kappa shape index (κ3) is 3.13. The summed E-state index contributed by atoms with van der Waals surface area (Å²) in [4.78, 5) is 4.35. The van der Waals surface area contributed by atoms with Crippen LogP contribution >= 0.6 is 15.9 Å². The molecule has 18 heavy (non-hydrogen) atoms. The summed E-state index contributed by atoms with van der Waals surface area (Å²) in [6, 6.07) is 6.22. The SMILES string of the molecule is Cc1ccc(Nc2nccn2CC(C)C)cc1Br. The van der Waals surface area contributed by atoms with Crippen molar-refractivity contribution in [2.45, 2.75) is 27.3 Å². The van der Waals surface area contributed by atoms with Gasteiger partial charge >= 0.3 is 0 Å². The molecule has 0 atom stereocenters. The molecule has 96 valence electrons. The summed E-state index contributed by atoms with van der Waals surface area (Å²) in [7, 11) is 0. The molecular weight excluding hydrogens is 290 g/mol. The number of aromatic nitrogens is 2. The van der Waals surface area contributed by atoms with Crippen LogP contribution in [0.2, 0.25) is 0 Å². The second-order valence-corrected chi connectivity index (χ2v) is 5.74. The highest BCUT2D eigenvalue weighted by molar-refractivity contribution is 9.10. The molecule has 0 fully saturated rings. The van der Waals surface area contributed by atoms with E-state index in [-0.39, 0.29) is 0 Å². The Kier molecular flexibility index (Phi) is 4.07. The second kappa shape index (κ2) is 5.57. The predicted octanol–water partition coefficient (Wildman–Crippen LogP) is 4.35. The molecule has 0 saturated heterocycles. The number of anilines is 2. The highest BCUT2D eigenvalue weighted by Gasteiger charge is 2.05. The first kappa shape index (κ1) is 13.1. The van der Waals surface area contributed by atoms with Crippen molar-refractivity contribution in [3.8, 4) is 0 Å². The number of hydrogen-bond donors (Lipinski definition) is 1. The normalized spacial score (nSPS) is 10.9. The number of rotatable bonds is 4.